The lowest BCUT2D eigenvalue weighted by molar-refractivity contribution is -0.111. The Labute approximate surface area is 118 Å². The van der Waals surface area contributed by atoms with E-state index in [2.05, 4.69) is 10.3 Å². The van der Waals surface area contributed by atoms with E-state index in [0.29, 0.717) is 31.0 Å². The molecule has 5 heteroatoms. The van der Waals surface area contributed by atoms with Gasteiger partial charge in [0.15, 0.2) is 11.6 Å². The summed E-state index contributed by atoms with van der Waals surface area (Å²) in [5.41, 5.74) is 0. The van der Waals surface area contributed by atoms with Crippen LogP contribution in [0.15, 0.2) is 42.6 Å². The van der Waals surface area contributed by atoms with Crippen LogP contribution in [-0.2, 0) is 4.79 Å². The number of anilines is 1. The Balaban J connectivity index is 2.61. The van der Waals surface area contributed by atoms with Crippen molar-refractivity contribution >= 4 is 11.7 Å². The standard InChI is InChI=1S/C15H17N3O2/c1-2-3-4-9-14(19)18-15-13(8-7-11-17-15)20-12-6-5-10-16/h2-4,7-9,11H,5-6,12H2,1H3,(H,17,18,19). The highest BCUT2D eigenvalue weighted by Crippen LogP contribution is 2.21. The molecule has 0 unspecified atom stereocenters. The molecule has 104 valence electrons. The Morgan fingerprint density at radius 2 is 2.40 bits per heavy atom. The molecule has 0 spiro atoms. The summed E-state index contributed by atoms with van der Waals surface area (Å²) in [6, 6.07) is 5.50. The Hall–Kier alpha value is -2.61. The van der Waals surface area contributed by atoms with Crippen molar-refractivity contribution in [3.63, 3.8) is 0 Å². The van der Waals surface area contributed by atoms with Crippen LogP contribution in [-0.4, -0.2) is 17.5 Å². The highest BCUT2D eigenvalue weighted by Gasteiger charge is 2.06. The third kappa shape index (κ3) is 5.83. The van der Waals surface area contributed by atoms with Crippen LogP contribution in [0.3, 0.4) is 0 Å². The normalized spacial score (nSPS) is 10.6. The number of aromatic nitrogens is 1. The molecule has 0 aliphatic rings. The highest BCUT2D eigenvalue weighted by molar-refractivity contribution is 5.99. The summed E-state index contributed by atoms with van der Waals surface area (Å²) < 4.78 is 5.50. The molecule has 1 aromatic rings. The molecule has 1 aromatic heterocycles. The number of rotatable bonds is 7. The lowest BCUT2D eigenvalue weighted by Gasteiger charge is -2.09. The predicted octanol–water partition coefficient (Wildman–Crippen LogP) is 2.83. The molecule has 5 nitrogen and oxygen atoms in total. The maximum Gasteiger partial charge on any atom is 0.249 e. The van der Waals surface area contributed by atoms with Gasteiger partial charge in [0, 0.05) is 18.7 Å². The van der Waals surface area contributed by atoms with Crippen LogP contribution in [0.25, 0.3) is 0 Å². The summed E-state index contributed by atoms with van der Waals surface area (Å²) in [7, 11) is 0. The number of carbonyl (C=O) groups is 1. The van der Waals surface area contributed by atoms with Gasteiger partial charge in [-0.05, 0) is 25.5 Å². The quantitative estimate of drug-likeness (QED) is 0.470. The predicted molar refractivity (Wildman–Crippen MR) is 77.2 cm³/mol. The summed E-state index contributed by atoms with van der Waals surface area (Å²) in [4.78, 5) is 15.7. The van der Waals surface area contributed by atoms with E-state index in [4.69, 9.17) is 10.00 Å². The molecule has 0 saturated carbocycles. The lowest BCUT2D eigenvalue weighted by Crippen LogP contribution is -2.11. The Morgan fingerprint density at radius 1 is 1.55 bits per heavy atom. The number of nitriles is 1. The smallest absolute Gasteiger partial charge is 0.249 e. The van der Waals surface area contributed by atoms with Crippen molar-refractivity contribution in [3.05, 3.63) is 42.6 Å². The summed E-state index contributed by atoms with van der Waals surface area (Å²) >= 11 is 0. The molecule has 0 atom stereocenters. The number of allylic oxidation sites excluding steroid dienone is 3. The number of carbonyl (C=O) groups excluding carboxylic acids is 1. The molecule has 0 aromatic carbocycles. The molecule has 1 N–H and O–H groups in total. The molecule has 0 bridgehead atoms. The zero-order valence-electron chi connectivity index (χ0n) is 11.4. The monoisotopic (exact) mass is 271 g/mol. The van der Waals surface area contributed by atoms with Gasteiger partial charge in [0.25, 0.3) is 0 Å². The number of amides is 1. The van der Waals surface area contributed by atoms with Crippen LogP contribution in [0.1, 0.15) is 19.8 Å². The fourth-order valence-corrected chi connectivity index (χ4v) is 1.35. The molecule has 0 aliphatic carbocycles. The van der Waals surface area contributed by atoms with Gasteiger partial charge in [0.1, 0.15) is 0 Å². The van der Waals surface area contributed by atoms with Crippen LogP contribution >= 0.6 is 0 Å². The van der Waals surface area contributed by atoms with Crippen LogP contribution in [0.2, 0.25) is 0 Å². The third-order valence-electron chi connectivity index (χ3n) is 2.25. The molecule has 20 heavy (non-hydrogen) atoms. The average molecular weight is 271 g/mol. The number of nitrogens with one attached hydrogen (secondary N) is 1. The zero-order valence-corrected chi connectivity index (χ0v) is 11.4. The van der Waals surface area contributed by atoms with Gasteiger partial charge >= 0.3 is 0 Å². The maximum atomic E-state index is 11.6. The van der Waals surface area contributed by atoms with Crippen LogP contribution < -0.4 is 10.1 Å². The maximum absolute atomic E-state index is 11.6. The van der Waals surface area contributed by atoms with E-state index in [9.17, 15) is 4.79 Å². The number of ether oxygens (including phenoxy) is 1. The van der Waals surface area contributed by atoms with E-state index in [1.165, 1.54) is 6.08 Å². The average Bonchev–Trinajstić information content (AvgIpc) is 2.45. The molecule has 0 fully saturated rings. The Bertz CT molecular complexity index is 530. The van der Waals surface area contributed by atoms with Gasteiger partial charge in [-0.3, -0.25) is 4.79 Å². The first-order valence-electron chi connectivity index (χ1n) is 6.33. The van der Waals surface area contributed by atoms with Gasteiger partial charge in [0.2, 0.25) is 5.91 Å². The first-order valence-corrected chi connectivity index (χ1v) is 6.33. The fourth-order valence-electron chi connectivity index (χ4n) is 1.35. The number of pyridine rings is 1. The molecule has 0 aliphatic heterocycles. The first kappa shape index (κ1) is 15.4. The minimum Gasteiger partial charge on any atom is -0.490 e. The van der Waals surface area contributed by atoms with Crippen LogP contribution in [0.4, 0.5) is 5.82 Å². The summed E-state index contributed by atoms with van der Waals surface area (Å²) in [6.07, 6.45) is 9.30. The van der Waals surface area contributed by atoms with Crippen molar-refractivity contribution in [2.24, 2.45) is 0 Å². The molecular weight excluding hydrogens is 254 g/mol. The summed E-state index contributed by atoms with van der Waals surface area (Å²) in [5, 5.41) is 11.1. The number of unbranched alkanes of at least 4 members (excludes halogenated alkanes) is 1. The summed E-state index contributed by atoms with van der Waals surface area (Å²) in [6.45, 7) is 2.28. The number of nitrogens with zero attached hydrogens (tertiary/aromatic N) is 2. The van der Waals surface area contributed by atoms with Crippen molar-refractivity contribution < 1.29 is 9.53 Å². The highest BCUT2D eigenvalue weighted by atomic mass is 16.5. The molecule has 0 saturated heterocycles. The molecule has 1 heterocycles. The zero-order chi connectivity index (χ0) is 14.6. The van der Waals surface area contributed by atoms with Gasteiger partial charge in [0.05, 0.1) is 12.7 Å². The fraction of sp³-hybridized carbons (Fsp3) is 0.267. The molecular formula is C15H17N3O2. The number of hydrogen-bond donors (Lipinski definition) is 1. The van der Waals surface area contributed by atoms with E-state index in [1.54, 1.807) is 30.5 Å². The molecule has 1 amide bonds. The van der Waals surface area contributed by atoms with Crippen molar-refractivity contribution in [2.75, 3.05) is 11.9 Å². The van der Waals surface area contributed by atoms with Crippen molar-refractivity contribution in [1.82, 2.24) is 4.98 Å². The van der Waals surface area contributed by atoms with Crippen molar-refractivity contribution in [3.8, 4) is 11.8 Å². The Morgan fingerprint density at radius 3 is 3.15 bits per heavy atom. The van der Waals surface area contributed by atoms with Gasteiger partial charge in [-0.2, -0.15) is 5.26 Å². The second-order valence-electron chi connectivity index (χ2n) is 3.83. The third-order valence-corrected chi connectivity index (χ3v) is 2.25. The van der Waals surface area contributed by atoms with Gasteiger partial charge in [-0.25, -0.2) is 4.98 Å². The van der Waals surface area contributed by atoms with E-state index in [0.717, 1.165) is 0 Å². The minimum absolute atomic E-state index is 0.274. The SMILES string of the molecule is CC=CC=CC(=O)Nc1ncccc1OCCCC#N. The molecule has 0 radical (unpaired) electrons. The summed E-state index contributed by atoms with van der Waals surface area (Å²) in [5.74, 6) is 0.599. The van der Waals surface area contributed by atoms with Crippen LogP contribution in [0.5, 0.6) is 5.75 Å². The van der Waals surface area contributed by atoms with Crippen molar-refractivity contribution in [1.29, 1.82) is 5.26 Å². The first-order chi connectivity index (χ1) is 9.77. The second kappa shape index (κ2) is 9.34. The van der Waals surface area contributed by atoms with Gasteiger partial charge in [-0.1, -0.05) is 18.2 Å². The largest absolute Gasteiger partial charge is 0.490 e. The lowest BCUT2D eigenvalue weighted by atomic mass is 10.3. The molecule has 1 rings (SSSR count). The van der Waals surface area contributed by atoms with E-state index in [1.807, 2.05) is 19.1 Å². The van der Waals surface area contributed by atoms with Crippen molar-refractivity contribution in [2.45, 2.75) is 19.8 Å². The minimum atomic E-state index is -0.274. The van der Waals surface area contributed by atoms with E-state index in [-0.39, 0.29) is 5.91 Å². The van der Waals surface area contributed by atoms with E-state index >= 15 is 0 Å². The van der Waals surface area contributed by atoms with Crippen LogP contribution in [0, 0.1) is 11.3 Å². The number of hydrogen-bond acceptors (Lipinski definition) is 4. The van der Waals surface area contributed by atoms with Gasteiger partial charge < -0.3 is 10.1 Å². The topological polar surface area (TPSA) is 75.0 Å². The Kier molecular flexibility index (Phi) is 7.21. The van der Waals surface area contributed by atoms with E-state index < -0.39 is 0 Å². The second-order valence-corrected chi connectivity index (χ2v) is 3.83. The van der Waals surface area contributed by atoms with Gasteiger partial charge in [-0.15, -0.1) is 0 Å².